The van der Waals surface area contributed by atoms with Crippen molar-refractivity contribution < 1.29 is 9.72 Å². The Hall–Kier alpha value is -1.62. The van der Waals surface area contributed by atoms with Gasteiger partial charge in [0.05, 0.1) is 10.8 Å². The second-order valence-corrected chi connectivity index (χ2v) is 3.31. The molecule has 1 aromatic rings. The minimum absolute atomic E-state index is 0.0286. The van der Waals surface area contributed by atoms with Crippen LogP contribution in [0.2, 0.25) is 0 Å². The molecule has 0 bridgehead atoms. The topological polar surface area (TPSA) is 86.2 Å². The molecule has 0 saturated carbocycles. The van der Waals surface area contributed by atoms with E-state index in [1.807, 2.05) is 0 Å². The highest BCUT2D eigenvalue weighted by Gasteiger charge is 2.17. The van der Waals surface area contributed by atoms with Crippen LogP contribution in [0.1, 0.15) is 15.9 Å². The summed E-state index contributed by atoms with van der Waals surface area (Å²) >= 11 is 5.39. The molecule has 15 heavy (non-hydrogen) atoms. The van der Waals surface area contributed by atoms with Gasteiger partial charge in [-0.05, 0) is 18.6 Å². The molecule has 1 aromatic carbocycles. The highest BCUT2D eigenvalue weighted by Crippen LogP contribution is 2.25. The fourth-order valence-corrected chi connectivity index (χ4v) is 1.38. The number of carbonyl (C=O) groups is 1. The van der Waals surface area contributed by atoms with Gasteiger partial charge < -0.3 is 5.73 Å². The number of aryl methyl sites for hydroxylation is 1. The van der Waals surface area contributed by atoms with E-state index in [0.29, 0.717) is 11.1 Å². The Labute approximate surface area is 91.0 Å². The number of benzene rings is 1. The molecule has 0 aliphatic carbocycles. The molecule has 0 atom stereocenters. The summed E-state index contributed by atoms with van der Waals surface area (Å²) in [5.74, 6) is -0.464. The number of Topliss-reactive ketones (excluding diaryl/α,β-unsaturated/α-hetero) is 1. The van der Waals surface area contributed by atoms with Gasteiger partial charge in [0.15, 0.2) is 5.78 Å². The van der Waals surface area contributed by atoms with Crippen molar-refractivity contribution in [3.05, 3.63) is 33.4 Å². The van der Waals surface area contributed by atoms with Crippen molar-refractivity contribution in [2.75, 3.05) is 11.6 Å². The Kier molecular flexibility index (Phi) is 3.26. The number of nitro benzene ring substituents is 1. The normalized spacial score (nSPS) is 10.0. The number of carbonyl (C=O) groups excluding carboxylic acids is 1. The summed E-state index contributed by atoms with van der Waals surface area (Å²) in [4.78, 5) is 21.3. The average Bonchev–Trinajstić information content (AvgIpc) is 2.19. The van der Waals surface area contributed by atoms with Crippen molar-refractivity contribution in [2.24, 2.45) is 0 Å². The molecule has 0 amide bonds. The van der Waals surface area contributed by atoms with Gasteiger partial charge in [-0.3, -0.25) is 14.9 Å². The second-order valence-electron chi connectivity index (χ2n) is 3.04. The molecule has 0 heterocycles. The third-order valence-electron chi connectivity index (χ3n) is 1.99. The van der Waals surface area contributed by atoms with Gasteiger partial charge in [-0.15, -0.1) is 11.6 Å². The van der Waals surface area contributed by atoms with Crippen LogP contribution in [0, 0.1) is 17.0 Å². The van der Waals surface area contributed by atoms with Crippen molar-refractivity contribution in [1.29, 1.82) is 0 Å². The molecular formula is C9H9ClN2O3. The van der Waals surface area contributed by atoms with E-state index in [2.05, 4.69) is 0 Å². The number of hydrogen-bond donors (Lipinski definition) is 1. The monoisotopic (exact) mass is 228 g/mol. The number of nitrogen functional groups attached to an aromatic ring is 1. The van der Waals surface area contributed by atoms with Crippen LogP contribution < -0.4 is 5.73 Å². The van der Waals surface area contributed by atoms with Crippen LogP contribution in [0.25, 0.3) is 0 Å². The van der Waals surface area contributed by atoms with Crippen molar-refractivity contribution in [3.8, 4) is 0 Å². The number of ketones is 1. The Morgan fingerprint density at radius 1 is 1.60 bits per heavy atom. The lowest BCUT2D eigenvalue weighted by molar-refractivity contribution is -0.383. The van der Waals surface area contributed by atoms with Crippen molar-refractivity contribution >= 4 is 28.8 Å². The molecule has 0 aliphatic heterocycles. The molecule has 0 saturated heterocycles. The lowest BCUT2D eigenvalue weighted by atomic mass is 10.0. The lowest BCUT2D eigenvalue weighted by Gasteiger charge is -2.04. The van der Waals surface area contributed by atoms with Gasteiger partial charge in [0.2, 0.25) is 0 Å². The number of rotatable bonds is 3. The number of anilines is 1. The number of hydrogen-bond acceptors (Lipinski definition) is 4. The smallest absolute Gasteiger partial charge is 0.292 e. The van der Waals surface area contributed by atoms with Crippen molar-refractivity contribution in [1.82, 2.24) is 0 Å². The van der Waals surface area contributed by atoms with Gasteiger partial charge in [0, 0.05) is 11.6 Å². The predicted molar refractivity (Wildman–Crippen MR) is 57.3 cm³/mol. The summed E-state index contributed by atoms with van der Waals surface area (Å²) in [6.07, 6.45) is 0. The molecule has 0 fully saturated rings. The lowest BCUT2D eigenvalue weighted by Crippen LogP contribution is -2.06. The van der Waals surface area contributed by atoms with E-state index >= 15 is 0 Å². The molecule has 80 valence electrons. The van der Waals surface area contributed by atoms with Crippen LogP contribution in [0.15, 0.2) is 12.1 Å². The van der Waals surface area contributed by atoms with Gasteiger partial charge in [-0.25, -0.2) is 0 Å². The van der Waals surface area contributed by atoms with Gasteiger partial charge in [0.1, 0.15) is 5.69 Å². The molecule has 5 nitrogen and oxygen atoms in total. The maximum atomic E-state index is 11.3. The number of nitro groups is 1. The Bertz CT molecular complexity index is 432. The van der Waals surface area contributed by atoms with E-state index in [4.69, 9.17) is 17.3 Å². The highest BCUT2D eigenvalue weighted by atomic mass is 35.5. The average molecular weight is 229 g/mol. The molecule has 0 aromatic heterocycles. The van der Waals surface area contributed by atoms with E-state index in [1.165, 1.54) is 12.1 Å². The number of halogens is 1. The first-order valence-corrected chi connectivity index (χ1v) is 4.64. The van der Waals surface area contributed by atoms with Crippen LogP contribution in [-0.2, 0) is 0 Å². The van der Waals surface area contributed by atoms with E-state index in [1.54, 1.807) is 6.92 Å². The van der Waals surface area contributed by atoms with Gasteiger partial charge >= 0.3 is 0 Å². The first-order chi connectivity index (χ1) is 6.97. The molecule has 2 N–H and O–H groups in total. The van der Waals surface area contributed by atoms with Crippen molar-refractivity contribution in [2.45, 2.75) is 6.92 Å². The first-order valence-electron chi connectivity index (χ1n) is 4.11. The summed E-state index contributed by atoms with van der Waals surface area (Å²) in [5.41, 5.74) is 6.05. The fraction of sp³-hybridized carbons (Fsp3) is 0.222. The number of nitrogens with two attached hydrogens (primary N) is 1. The number of nitrogens with zero attached hydrogens (tertiary/aromatic N) is 1. The summed E-state index contributed by atoms with van der Waals surface area (Å²) in [6, 6.07) is 2.56. The standard InChI is InChI=1S/C9H9ClN2O3/c1-5-2-8(12(14)15)7(11)3-6(5)9(13)4-10/h2-3H,4,11H2,1H3. The Morgan fingerprint density at radius 2 is 2.20 bits per heavy atom. The zero-order valence-electron chi connectivity index (χ0n) is 7.99. The maximum absolute atomic E-state index is 11.3. The van der Waals surface area contributed by atoms with Crippen LogP contribution in [0.4, 0.5) is 11.4 Å². The Morgan fingerprint density at radius 3 is 2.67 bits per heavy atom. The Balaban J connectivity index is 3.31. The van der Waals surface area contributed by atoms with Gasteiger partial charge in [-0.2, -0.15) is 0 Å². The molecule has 0 radical (unpaired) electrons. The quantitative estimate of drug-likeness (QED) is 0.281. The molecule has 0 unspecified atom stereocenters. The molecule has 0 spiro atoms. The second kappa shape index (κ2) is 4.27. The van der Waals surface area contributed by atoms with Crippen LogP contribution in [0.5, 0.6) is 0 Å². The summed E-state index contributed by atoms with van der Waals surface area (Å²) in [5, 5.41) is 10.5. The van der Waals surface area contributed by atoms with E-state index < -0.39 is 4.92 Å². The third-order valence-corrected chi connectivity index (χ3v) is 2.23. The molecule has 1 rings (SSSR count). The molecular weight excluding hydrogens is 220 g/mol. The van der Waals surface area contributed by atoms with E-state index in [-0.39, 0.29) is 23.0 Å². The van der Waals surface area contributed by atoms with E-state index in [0.717, 1.165) is 0 Å². The zero-order valence-corrected chi connectivity index (χ0v) is 8.75. The van der Waals surface area contributed by atoms with Crippen LogP contribution in [-0.4, -0.2) is 16.6 Å². The van der Waals surface area contributed by atoms with Crippen LogP contribution >= 0.6 is 11.6 Å². The summed E-state index contributed by atoms with van der Waals surface area (Å²) in [6.45, 7) is 1.60. The van der Waals surface area contributed by atoms with Crippen LogP contribution in [0.3, 0.4) is 0 Å². The first kappa shape index (κ1) is 11.5. The molecule has 6 heteroatoms. The summed E-state index contributed by atoms with van der Waals surface area (Å²) < 4.78 is 0. The maximum Gasteiger partial charge on any atom is 0.292 e. The zero-order chi connectivity index (χ0) is 11.6. The fourth-order valence-electron chi connectivity index (χ4n) is 1.24. The summed E-state index contributed by atoms with van der Waals surface area (Å²) in [7, 11) is 0. The minimum atomic E-state index is -0.586. The van der Waals surface area contributed by atoms with Gasteiger partial charge in [-0.1, -0.05) is 0 Å². The van der Waals surface area contributed by atoms with Crippen molar-refractivity contribution in [3.63, 3.8) is 0 Å². The number of alkyl halides is 1. The highest BCUT2D eigenvalue weighted by molar-refractivity contribution is 6.30. The largest absolute Gasteiger partial charge is 0.393 e. The van der Waals surface area contributed by atoms with E-state index in [9.17, 15) is 14.9 Å². The minimum Gasteiger partial charge on any atom is -0.393 e. The van der Waals surface area contributed by atoms with Gasteiger partial charge in [0.25, 0.3) is 5.69 Å². The SMILES string of the molecule is Cc1cc([N+](=O)[O-])c(N)cc1C(=O)CCl. The third kappa shape index (κ3) is 2.24. The molecule has 0 aliphatic rings. The predicted octanol–water partition coefficient (Wildman–Crippen LogP) is 1.91.